The van der Waals surface area contributed by atoms with E-state index < -0.39 is 5.60 Å². The van der Waals surface area contributed by atoms with Gasteiger partial charge in [-0.15, -0.1) is 0 Å². The summed E-state index contributed by atoms with van der Waals surface area (Å²) in [4.78, 5) is 13.8. The summed E-state index contributed by atoms with van der Waals surface area (Å²) in [6.45, 7) is 11.8. The SMILES string of the molecule is CC1(C)CCCCN(C(=O)OC(C)(C)C)C1. The molecule has 0 radical (unpaired) electrons. The van der Waals surface area contributed by atoms with Crippen molar-refractivity contribution in [3.05, 3.63) is 0 Å². The van der Waals surface area contributed by atoms with Gasteiger partial charge in [-0.25, -0.2) is 4.79 Å². The van der Waals surface area contributed by atoms with Crippen LogP contribution in [0.15, 0.2) is 0 Å². The molecule has 0 aromatic heterocycles. The molecular weight excluding hydrogens is 202 g/mol. The van der Waals surface area contributed by atoms with E-state index in [4.69, 9.17) is 4.74 Å². The Morgan fingerprint density at radius 3 is 2.44 bits per heavy atom. The molecule has 0 aromatic carbocycles. The van der Waals surface area contributed by atoms with Gasteiger partial charge in [0, 0.05) is 13.1 Å². The minimum atomic E-state index is -0.395. The van der Waals surface area contributed by atoms with E-state index >= 15 is 0 Å². The third-order valence-corrected chi connectivity index (χ3v) is 2.80. The van der Waals surface area contributed by atoms with Crippen molar-refractivity contribution in [2.45, 2.75) is 59.5 Å². The highest BCUT2D eigenvalue weighted by Crippen LogP contribution is 2.28. The van der Waals surface area contributed by atoms with E-state index in [9.17, 15) is 4.79 Å². The highest BCUT2D eigenvalue weighted by molar-refractivity contribution is 5.68. The number of rotatable bonds is 0. The zero-order valence-corrected chi connectivity index (χ0v) is 11.3. The molecule has 1 aliphatic rings. The maximum atomic E-state index is 12.0. The van der Waals surface area contributed by atoms with Crippen LogP contribution >= 0.6 is 0 Å². The molecule has 1 heterocycles. The maximum Gasteiger partial charge on any atom is 0.410 e. The molecule has 94 valence electrons. The fourth-order valence-corrected chi connectivity index (χ4v) is 2.06. The van der Waals surface area contributed by atoms with Crippen molar-refractivity contribution in [2.75, 3.05) is 13.1 Å². The molecule has 0 aliphatic carbocycles. The van der Waals surface area contributed by atoms with Crippen LogP contribution in [0.3, 0.4) is 0 Å². The maximum absolute atomic E-state index is 12.0. The quantitative estimate of drug-likeness (QED) is 0.634. The van der Waals surface area contributed by atoms with E-state index in [2.05, 4.69) is 13.8 Å². The number of hydrogen-bond acceptors (Lipinski definition) is 2. The van der Waals surface area contributed by atoms with Crippen molar-refractivity contribution in [1.82, 2.24) is 4.90 Å². The molecule has 1 amide bonds. The van der Waals surface area contributed by atoms with E-state index in [0.717, 1.165) is 19.5 Å². The van der Waals surface area contributed by atoms with Crippen LogP contribution in [0.1, 0.15) is 53.9 Å². The first kappa shape index (κ1) is 13.3. The molecule has 0 saturated carbocycles. The summed E-state index contributed by atoms with van der Waals surface area (Å²) in [6.07, 6.45) is 3.31. The zero-order valence-electron chi connectivity index (χ0n) is 11.3. The summed E-state index contributed by atoms with van der Waals surface area (Å²) >= 11 is 0. The van der Waals surface area contributed by atoms with E-state index in [1.54, 1.807) is 0 Å². The molecule has 0 N–H and O–H groups in total. The van der Waals surface area contributed by atoms with Gasteiger partial charge in [0.25, 0.3) is 0 Å². The van der Waals surface area contributed by atoms with Gasteiger partial charge in [0.1, 0.15) is 5.60 Å². The molecule has 0 atom stereocenters. The lowest BCUT2D eigenvalue weighted by Gasteiger charge is -2.31. The highest BCUT2D eigenvalue weighted by atomic mass is 16.6. The van der Waals surface area contributed by atoms with Crippen LogP contribution in [0, 0.1) is 5.41 Å². The van der Waals surface area contributed by atoms with Gasteiger partial charge in [0.05, 0.1) is 0 Å². The second kappa shape index (κ2) is 4.64. The van der Waals surface area contributed by atoms with Gasteiger partial charge in [0.15, 0.2) is 0 Å². The van der Waals surface area contributed by atoms with Gasteiger partial charge in [-0.2, -0.15) is 0 Å². The van der Waals surface area contributed by atoms with Crippen molar-refractivity contribution >= 4 is 6.09 Å². The summed E-state index contributed by atoms with van der Waals surface area (Å²) in [7, 11) is 0. The Morgan fingerprint density at radius 2 is 1.88 bits per heavy atom. The summed E-state index contributed by atoms with van der Waals surface area (Å²) in [5, 5.41) is 0. The van der Waals surface area contributed by atoms with Crippen LogP contribution < -0.4 is 0 Å². The first-order chi connectivity index (χ1) is 7.20. The van der Waals surface area contributed by atoms with Crippen LogP contribution in [0.4, 0.5) is 4.79 Å². The second-order valence-electron chi connectivity index (χ2n) is 6.52. The average molecular weight is 227 g/mol. The number of likely N-dealkylation sites (tertiary alicyclic amines) is 1. The Labute approximate surface area is 99.1 Å². The van der Waals surface area contributed by atoms with Crippen molar-refractivity contribution in [3.63, 3.8) is 0 Å². The third-order valence-electron chi connectivity index (χ3n) is 2.80. The number of nitrogens with zero attached hydrogens (tertiary/aromatic N) is 1. The lowest BCUT2D eigenvalue weighted by Crippen LogP contribution is -2.41. The van der Waals surface area contributed by atoms with Crippen LogP contribution in [0.25, 0.3) is 0 Å². The molecular formula is C13H25NO2. The Morgan fingerprint density at radius 1 is 1.25 bits per heavy atom. The zero-order chi connectivity index (χ0) is 12.4. The highest BCUT2D eigenvalue weighted by Gasteiger charge is 2.29. The largest absolute Gasteiger partial charge is 0.444 e. The summed E-state index contributed by atoms with van der Waals surface area (Å²) in [5.41, 5.74) is -0.180. The predicted octanol–water partition coefficient (Wildman–Crippen LogP) is 3.43. The summed E-state index contributed by atoms with van der Waals surface area (Å²) < 4.78 is 5.41. The Balaban J connectivity index is 2.61. The predicted molar refractivity (Wildman–Crippen MR) is 65.4 cm³/mol. The average Bonchev–Trinajstić information content (AvgIpc) is 2.23. The summed E-state index contributed by atoms with van der Waals surface area (Å²) in [6, 6.07) is 0. The Hall–Kier alpha value is -0.730. The first-order valence-electron chi connectivity index (χ1n) is 6.18. The Bertz CT molecular complexity index is 253. The lowest BCUT2D eigenvalue weighted by atomic mass is 9.88. The van der Waals surface area contributed by atoms with E-state index in [0.29, 0.717) is 0 Å². The summed E-state index contributed by atoms with van der Waals surface area (Å²) in [5.74, 6) is 0. The van der Waals surface area contributed by atoms with Crippen LogP contribution in [-0.2, 0) is 4.74 Å². The van der Waals surface area contributed by atoms with Gasteiger partial charge >= 0.3 is 6.09 Å². The first-order valence-corrected chi connectivity index (χ1v) is 6.18. The molecule has 1 aliphatic heterocycles. The number of ether oxygens (including phenoxy) is 1. The molecule has 0 spiro atoms. The van der Waals surface area contributed by atoms with Gasteiger partial charge in [-0.3, -0.25) is 0 Å². The lowest BCUT2D eigenvalue weighted by molar-refractivity contribution is 0.0200. The molecule has 1 saturated heterocycles. The third kappa shape index (κ3) is 4.42. The van der Waals surface area contributed by atoms with Crippen LogP contribution in [-0.4, -0.2) is 29.7 Å². The van der Waals surface area contributed by atoms with E-state index in [-0.39, 0.29) is 11.5 Å². The smallest absolute Gasteiger partial charge is 0.410 e. The van der Waals surface area contributed by atoms with Crippen molar-refractivity contribution in [2.24, 2.45) is 5.41 Å². The van der Waals surface area contributed by atoms with Crippen LogP contribution in [0.5, 0.6) is 0 Å². The molecule has 0 bridgehead atoms. The minimum absolute atomic E-state index is 0.164. The van der Waals surface area contributed by atoms with E-state index in [1.165, 1.54) is 12.8 Å². The topological polar surface area (TPSA) is 29.5 Å². The van der Waals surface area contributed by atoms with Crippen molar-refractivity contribution < 1.29 is 9.53 Å². The standard InChI is InChI=1S/C13H25NO2/c1-12(2,3)16-11(15)14-9-7-6-8-13(4,5)10-14/h6-10H2,1-5H3. The number of carbonyl (C=O) groups is 1. The molecule has 0 unspecified atom stereocenters. The normalized spacial score (nSPS) is 21.4. The molecule has 1 rings (SSSR count). The number of amides is 1. The van der Waals surface area contributed by atoms with Gasteiger partial charge in [-0.1, -0.05) is 20.3 Å². The molecule has 16 heavy (non-hydrogen) atoms. The molecule has 0 aromatic rings. The van der Waals surface area contributed by atoms with E-state index in [1.807, 2.05) is 25.7 Å². The molecule has 1 fully saturated rings. The monoisotopic (exact) mass is 227 g/mol. The van der Waals surface area contributed by atoms with Crippen molar-refractivity contribution in [1.29, 1.82) is 0 Å². The number of hydrogen-bond donors (Lipinski definition) is 0. The fourth-order valence-electron chi connectivity index (χ4n) is 2.06. The number of carbonyl (C=O) groups excluding carboxylic acids is 1. The van der Waals surface area contributed by atoms with Gasteiger partial charge in [0.2, 0.25) is 0 Å². The fraction of sp³-hybridized carbons (Fsp3) is 0.923. The Kier molecular flexibility index (Phi) is 3.87. The van der Waals surface area contributed by atoms with Crippen LogP contribution in [0.2, 0.25) is 0 Å². The van der Waals surface area contributed by atoms with Gasteiger partial charge in [-0.05, 0) is 39.0 Å². The minimum Gasteiger partial charge on any atom is -0.444 e. The second-order valence-corrected chi connectivity index (χ2v) is 6.52. The van der Waals surface area contributed by atoms with Crippen molar-refractivity contribution in [3.8, 4) is 0 Å². The van der Waals surface area contributed by atoms with Gasteiger partial charge < -0.3 is 9.64 Å². The molecule has 3 nitrogen and oxygen atoms in total. The molecule has 3 heteroatoms.